The SMILES string of the molecule is O=S(=O)(O)O.[H-].[K+].[Mn]. The van der Waals surface area contributed by atoms with Crippen LogP contribution < -0.4 is 51.4 Å². The summed E-state index contributed by atoms with van der Waals surface area (Å²) in [5, 5.41) is 0. The molecule has 0 amide bonds. The average molecular weight is 193 g/mol. The fraction of sp³-hybridized carbons (Fsp3) is 0. The molecule has 0 unspecified atom stereocenters. The monoisotopic (exact) mass is 193 g/mol. The van der Waals surface area contributed by atoms with Crippen molar-refractivity contribution in [3.05, 3.63) is 0 Å². The smallest absolute Gasteiger partial charge is 1.00 e. The van der Waals surface area contributed by atoms with E-state index in [-0.39, 0.29) is 69.9 Å². The van der Waals surface area contributed by atoms with Gasteiger partial charge in [0.05, 0.1) is 0 Å². The molecule has 0 aromatic carbocycles. The van der Waals surface area contributed by atoms with Crippen molar-refractivity contribution in [2.24, 2.45) is 0 Å². The molecule has 0 aromatic rings. The molecule has 0 heterocycles. The van der Waals surface area contributed by atoms with Crippen LogP contribution in [0, 0.1) is 0 Å². The van der Waals surface area contributed by atoms with Crippen molar-refractivity contribution in [1.29, 1.82) is 0 Å². The summed E-state index contributed by atoms with van der Waals surface area (Å²) in [6, 6.07) is 0. The summed E-state index contributed by atoms with van der Waals surface area (Å²) in [5.41, 5.74) is 0. The first-order chi connectivity index (χ1) is 2.00. The molecule has 7 heavy (non-hydrogen) atoms. The average Bonchev–Trinajstić information content (AvgIpc) is 0.722. The summed E-state index contributed by atoms with van der Waals surface area (Å²) < 4.78 is 31.6. The molecule has 0 spiro atoms. The van der Waals surface area contributed by atoms with Crippen LogP contribution in [0.5, 0.6) is 0 Å². The van der Waals surface area contributed by atoms with E-state index in [1.807, 2.05) is 0 Å². The summed E-state index contributed by atoms with van der Waals surface area (Å²) in [6.07, 6.45) is 0. The normalized spacial score (nSPS) is 8.29. The van der Waals surface area contributed by atoms with E-state index < -0.39 is 10.4 Å². The molecule has 1 radical (unpaired) electrons. The van der Waals surface area contributed by atoms with E-state index in [4.69, 9.17) is 17.5 Å². The largest absolute Gasteiger partial charge is 1.00 e. The Morgan fingerprint density at radius 1 is 1.29 bits per heavy atom. The number of hydrogen-bond acceptors (Lipinski definition) is 2. The molecule has 41 valence electrons. The van der Waals surface area contributed by atoms with Crippen LogP contribution in [-0.4, -0.2) is 17.5 Å². The van der Waals surface area contributed by atoms with Crippen LogP contribution in [0.1, 0.15) is 1.43 Å². The van der Waals surface area contributed by atoms with Gasteiger partial charge in [-0.05, 0) is 0 Å². The minimum atomic E-state index is -4.67. The van der Waals surface area contributed by atoms with Crippen molar-refractivity contribution in [3.63, 3.8) is 0 Å². The van der Waals surface area contributed by atoms with E-state index in [9.17, 15) is 0 Å². The van der Waals surface area contributed by atoms with E-state index >= 15 is 0 Å². The van der Waals surface area contributed by atoms with Gasteiger partial charge in [0, 0.05) is 17.1 Å². The predicted molar refractivity (Wildman–Crippen MR) is 15.3 cm³/mol. The molecule has 0 atom stereocenters. The maximum Gasteiger partial charge on any atom is 1.00 e. The fourth-order valence-electron chi connectivity index (χ4n) is 0. The zero-order chi connectivity index (χ0) is 4.50. The minimum Gasteiger partial charge on any atom is -1.00 e. The molecule has 0 bridgehead atoms. The van der Waals surface area contributed by atoms with Crippen LogP contribution in [0.15, 0.2) is 0 Å². The van der Waals surface area contributed by atoms with E-state index in [1.54, 1.807) is 0 Å². The van der Waals surface area contributed by atoms with Gasteiger partial charge in [-0.1, -0.05) is 0 Å². The Labute approximate surface area is 96.0 Å². The molecular formula is H3KMnO4S. The summed E-state index contributed by atoms with van der Waals surface area (Å²) >= 11 is 0. The number of rotatable bonds is 0. The van der Waals surface area contributed by atoms with Crippen LogP contribution in [0.25, 0.3) is 0 Å². The third-order valence-electron chi connectivity index (χ3n) is 0. The molecule has 4 nitrogen and oxygen atoms in total. The molecule has 7 heteroatoms. The molecule has 0 saturated carbocycles. The Hall–Kier alpha value is 2.03. The zero-order valence-corrected chi connectivity index (χ0v) is 8.62. The van der Waals surface area contributed by atoms with Crippen molar-refractivity contribution in [1.82, 2.24) is 0 Å². The van der Waals surface area contributed by atoms with E-state index in [0.29, 0.717) is 0 Å². The van der Waals surface area contributed by atoms with Gasteiger partial charge in [-0.15, -0.1) is 0 Å². The van der Waals surface area contributed by atoms with E-state index in [2.05, 4.69) is 0 Å². The fourth-order valence-corrected chi connectivity index (χ4v) is 0. The second kappa shape index (κ2) is 6.15. The Morgan fingerprint density at radius 2 is 1.29 bits per heavy atom. The van der Waals surface area contributed by atoms with Crippen molar-refractivity contribution in [2.75, 3.05) is 0 Å². The molecule has 0 aromatic heterocycles. The van der Waals surface area contributed by atoms with Crippen molar-refractivity contribution < 1.29 is 87.4 Å². The second-order valence-corrected chi connectivity index (χ2v) is 1.34. The van der Waals surface area contributed by atoms with Gasteiger partial charge in [-0.2, -0.15) is 8.42 Å². The summed E-state index contributed by atoms with van der Waals surface area (Å²) in [7, 11) is -4.67. The van der Waals surface area contributed by atoms with Gasteiger partial charge >= 0.3 is 61.8 Å². The third kappa shape index (κ3) is 71.0. The van der Waals surface area contributed by atoms with Gasteiger partial charge in [0.2, 0.25) is 0 Å². The van der Waals surface area contributed by atoms with Crippen molar-refractivity contribution in [2.45, 2.75) is 0 Å². The predicted octanol–water partition coefficient (Wildman–Crippen LogP) is -3.54. The van der Waals surface area contributed by atoms with Gasteiger partial charge in [0.15, 0.2) is 0 Å². The maximum absolute atomic E-state index is 8.74. The molecule has 0 saturated heterocycles. The number of hydrogen-bond donors (Lipinski definition) is 2. The first kappa shape index (κ1) is 16.0. The molecule has 0 aliphatic heterocycles. The standard InChI is InChI=1S/K.Mn.H2O4S.H/c;;1-5(2,3)4;/h;;(H2,1,2,3,4);/q+1;;;-1. The van der Waals surface area contributed by atoms with E-state index in [1.165, 1.54) is 0 Å². The van der Waals surface area contributed by atoms with Crippen LogP contribution >= 0.6 is 0 Å². The Bertz CT molecular complexity index is 99.2. The first-order valence-corrected chi connectivity index (χ1v) is 2.10. The topological polar surface area (TPSA) is 74.6 Å². The van der Waals surface area contributed by atoms with Gasteiger partial charge in [0.1, 0.15) is 0 Å². The quantitative estimate of drug-likeness (QED) is 0.309. The van der Waals surface area contributed by atoms with Gasteiger partial charge in [0.25, 0.3) is 0 Å². The third-order valence-corrected chi connectivity index (χ3v) is 0. The molecule has 0 fully saturated rings. The van der Waals surface area contributed by atoms with Crippen LogP contribution in [-0.2, 0) is 27.5 Å². The molecule has 0 rings (SSSR count). The van der Waals surface area contributed by atoms with Gasteiger partial charge in [-0.3, -0.25) is 9.11 Å². The van der Waals surface area contributed by atoms with Crippen molar-refractivity contribution >= 4 is 10.4 Å². The van der Waals surface area contributed by atoms with Crippen LogP contribution in [0.3, 0.4) is 0 Å². The van der Waals surface area contributed by atoms with Gasteiger partial charge in [-0.25, -0.2) is 0 Å². The minimum absolute atomic E-state index is 0. The molecule has 2 N–H and O–H groups in total. The van der Waals surface area contributed by atoms with Crippen molar-refractivity contribution in [3.8, 4) is 0 Å². The molecule has 0 aliphatic carbocycles. The van der Waals surface area contributed by atoms with E-state index in [0.717, 1.165) is 0 Å². The van der Waals surface area contributed by atoms with Crippen LogP contribution in [0.2, 0.25) is 0 Å². The first-order valence-electron chi connectivity index (χ1n) is 0.698. The second-order valence-electron chi connectivity index (χ2n) is 0.448. The summed E-state index contributed by atoms with van der Waals surface area (Å²) in [6.45, 7) is 0. The Morgan fingerprint density at radius 3 is 1.29 bits per heavy atom. The molecule has 0 aliphatic rings. The molecular weight excluding hydrogens is 190 g/mol. The zero-order valence-electron chi connectivity index (χ0n) is 4.50. The summed E-state index contributed by atoms with van der Waals surface area (Å²) in [4.78, 5) is 0. The Balaban J connectivity index is -0.0000000267. The Kier molecular flexibility index (Phi) is 14.1. The maximum atomic E-state index is 8.74. The summed E-state index contributed by atoms with van der Waals surface area (Å²) in [5.74, 6) is 0. The van der Waals surface area contributed by atoms with Gasteiger partial charge < -0.3 is 1.43 Å². The van der Waals surface area contributed by atoms with Crippen LogP contribution in [0.4, 0.5) is 0 Å².